The first kappa shape index (κ1) is 12.8. The highest BCUT2D eigenvalue weighted by Crippen LogP contribution is 2.54. The lowest BCUT2D eigenvalue weighted by molar-refractivity contribution is -0.205. The number of fused-ring (bicyclic) bond motifs is 1. The van der Waals surface area contributed by atoms with Crippen LogP contribution in [0.2, 0.25) is 0 Å². The van der Waals surface area contributed by atoms with E-state index in [-0.39, 0.29) is 17.5 Å². The number of hydrogen-bond acceptors (Lipinski definition) is 2. The molecule has 2 aliphatic heterocycles. The Hall–Kier alpha value is -0.860. The summed E-state index contributed by atoms with van der Waals surface area (Å²) in [7, 11) is 0. The molecule has 0 radical (unpaired) electrons. The molecule has 4 rings (SSSR count). The highest BCUT2D eigenvalue weighted by atomic mass is 16.7. The maximum atomic E-state index is 6.41. The zero-order valence-electron chi connectivity index (χ0n) is 12.3. The molecule has 3 atom stereocenters. The van der Waals surface area contributed by atoms with Gasteiger partial charge in [-0.15, -0.1) is 0 Å². The van der Waals surface area contributed by atoms with Crippen LogP contribution in [0.5, 0.6) is 0 Å². The lowest BCUT2D eigenvalue weighted by Gasteiger charge is -2.35. The van der Waals surface area contributed by atoms with Crippen molar-refractivity contribution in [3.63, 3.8) is 0 Å². The van der Waals surface area contributed by atoms with Crippen molar-refractivity contribution in [2.24, 2.45) is 5.92 Å². The Morgan fingerprint density at radius 3 is 2.40 bits per heavy atom. The maximum absolute atomic E-state index is 6.41. The van der Waals surface area contributed by atoms with E-state index in [4.69, 9.17) is 9.47 Å². The van der Waals surface area contributed by atoms with Crippen LogP contribution in [0.1, 0.15) is 57.4 Å². The molecule has 3 fully saturated rings. The van der Waals surface area contributed by atoms with Crippen LogP contribution in [-0.4, -0.2) is 11.9 Å². The van der Waals surface area contributed by atoms with Gasteiger partial charge in [-0.3, -0.25) is 0 Å². The number of ether oxygens (including phenoxy) is 2. The summed E-state index contributed by atoms with van der Waals surface area (Å²) in [4.78, 5) is 0. The molecular formula is C18H24O2. The van der Waals surface area contributed by atoms with Crippen LogP contribution in [0.3, 0.4) is 0 Å². The molecule has 1 spiro atoms. The summed E-state index contributed by atoms with van der Waals surface area (Å²) in [5, 5.41) is 0. The van der Waals surface area contributed by atoms with E-state index in [1.807, 2.05) is 0 Å². The minimum absolute atomic E-state index is 0.0262. The summed E-state index contributed by atoms with van der Waals surface area (Å²) in [6.07, 6.45) is 8.85. The predicted octanol–water partition coefficient (Wildman–Crippen LogP) is 4.39. The van der Waals surface area contributed by atoms with Crippen LogP contribution < -0.4 is 0 Å². The lowest BCUT2D eigenvalue weighted by Crippen LogP contribution is -2.34. The number of benzene rings is 1. The predicted molar refractivity (Wildman–Crippen MR) is 78.3 cm³/mol. The van der Waals surface area contributed by atoms with Gasteiger partial charge in [-0.25, -0.2) is 0 Å². The van der Waals surface area contributed by atoms with E-state index in [0.717, 1.165) is 6.42 Å². The van der Waals surface area contributed by atoms with Crippen molar-refractivity contribution in [3.05, 3.63) is 35.9 Å². The molecule has 0 N–H and O–H groups in total. The maximum Gasteiger partial charge on any atom is 0.162 e. The molecule has 1 aromatic carbocycles. The topological polar surface area (TPSA) is 18.5 Å². The second-order valence-corrected chi connectivity index (χ2v) is 7.11. The molecule has 3 aliphatic rings. The fourth-order valence-corrected chi connectivity index (χ4v) is 4.55. The monoisotopic (exact) mass is 272 g/mol. The van der Waals surface area contributed by atoms with E-state index < -0.39 is 0 Å². The molecule has 2 nitrogen and oxygen atoms in total. The largest absolute Gasteiger partial charge is 0.346 e. The Bertz CT molecular complexity index is 459. The first-order valence-corrected chi connectivity index (χ1v) is 8.10. The molecule has 1 saturated carbocycles. The van der Waals surface area contributed by atoms with Crippen LogP contribution in [0.25, 0.3) is 0 Å². The molecule has 20 heavy (non-hydrogen) atoms. The Morgan fingerprint density at radius 1 is 0.950 bits per heavy atom. The third-order valence-electron chi connectivity index (χ3n) is 5.56. The average molecular weight is 272 g/mol. The molecule has 1 aliphatic carbocycles. The van der Waals surface area contributed by atoms with Crippen molar-refractivity contribution in [2.75, 3.05) is 0 Å². The zero-order valence-corrected chi connectivity index (χ0v) is 12.3. The van der Waals surface area contributed by atoms with Crippen LogP contribution in [0.15, 0.2) is 30.3 Å². The van der Waals surface area contributed by atoms with Gasteiger partial charge in [0.1, 0.15) is 0 Å². The zero-order chi connectivity index (χ0) is 13.6. The molecule has 108 valence electrons. The molecule has 1 aromatic rings. The van der Waals surface area contributed by atoms with Gasteiger partial charge in [-0.1, -0.05) is 49.6 Å². The quantitative estimate of drug-likeness (QED) is 0.755. The van der Waals surface area contributed by atoms with Crippen LogP contribution in [0.4, 0.5) is 0 Å². The van der Waals surface area contributed by atoms with Crippen LogP contribution >= 0.6 is 0 Å². The summed E-state index contributed by atoms with van der Waals surface area (Å²) in [5.74, 6) is 0.582. The Morgan fingerprint density at radius 2 is 1.70 bits per heavy atom. The first-order chi connectivity index (χ1) is 9.69. The van der Waals surface area contributed by atoms with Gasteiger partial charge in [0.25, 0.3) is 0 Å². The average Bonchev–Trinajstić information content (AvgIpc) is 2.93. The Labute approximate surface area is 121 Å². The second kappa shape index (κ2) is 4.57. The molecule has 0 amide bonds. The summed E-state index contributed by atoms with van der Waals surface area (Å²) in [5.41, 5.74) is 1.29. The molecular weight excluding hydrogens is 248 g/mol. The van der Waals surface area contributed by atoms with Crippen LogP contribution in [0, 0.1) is 5.92 Å². The summed E-state index contributed by atoms with van der Waals surface area (Å²) in [6, 6.07) is 10.6. The molecule has 2 heterocycles. The van der Waals surface area contributed by atoms with E-state index >= 15 is 0 Å². The highest BCUT2D eigenvalue weighted by Gasteiger charge is 2.55. The third kappa shape index (κ3) is 2.01. The molecule has 2 saturated heterocycles. The van der Waals surface area contributed by atoms with Gasteiger partial charge < -0.3 is 9.47 Å². The summed E-state index contributed by atoms with van der Waals surface area (Å²) in [6.45, 7) is 2.22. The van der Waals surface area contributed by atoms with Gasteiger partial charge in [-0.05, 0) is 38.2 Å². The van der Waals surface area contributed by atoms with E-state index in [1.54, 1.807) is 0 Å². The van der Waals surface area contributed by atoms with Crippen molar-refractivity contribution < 1.29 is 9.47 Å². The third-order valence-corrected chi connectivity index (χ3v) is 5.56. The fourth-order valence-electron chi connectivity index (χ4n) is 4.55. The van der Waals surface area contributed by atoms with Gasteiger partial charge in [0.05, 0.1) is 11.2 Å². The summed E-state index contributed by atoms with van der Waals surface area (Å²) < 4.78 is 12.8. The van der Waals surface area contributed by atoms with Crippen LogP contribution in [-0.2, 0) is 15.1 Å². The van der Waals surface area contributed by atoms with E-state index in [2.05, 4.69) is 37.3 Å². The Kier molecular flexibility index (Phi) is 2.94. The molecule has 0 bridgehead atoms. The van der Waals surface area contributed by atoms with Crippen molar-refractivity contribution >= 4 is 0 Å². The first-order valence-electron chi connectivity index (χ1n) is 8.10. The van der Waals surface area contributed by atoms with Gasteiger partial charge >= 0.3 is 0 Å². The van der Waals surface area contributed by atoms with E-state index in [1.165, 1.54) is 44.1 Å². The molecule has 2 heteroatoms. The number of hydrogen-bond donors (Lipinski definition) is 0. The smallest absolute Gasteiger partial charge is 0.162 e. The van der Waals surface area contributed by atoms with Gasteiger partial charge in [0.15, 0.2) is 6.29 Å². The SMILES string of the molecule is CC1(c2ccccc2)C[C@H]2CC3(CCCCC3)O[C@H]2O1. The van der Waals surface area contributed by atoms with Gasteiger partial charge in [0, 0.05) is 5.92 Å². The van der Waals surface area contributed by atoms with Crippen molar-refractivity contribution in [3.8, 4) is 0 Å². The second-order valence-electron chi connectivity index (χ2n) is 7.11. The van der Waals surface area contributed by atoms with Crippen molar-refractivity contribution in [1.82, 2.24) is 0 Å². The minimum atomic E-state index is -0.160. The highest BCUT2D eigenvalue weighted by molar-refractivity contribution is 5.23. The van der Waals surface area contributed by atoms with Crippen molar-refractivity contribution in [2.45, 2.75) is 69.4 Å². The standard InChI is InChI=1S/C18H24O2/c1-17(15-8-4-2-5-9-15)12-14-13-18(20-16(14)19-17)10-6-3-7-11-18/h2,4-5,8-9,14,16H,3,6-7,10-13H2,1H3/t14-,16+,17?/m0/s1. The van der Waals surface area contributed by atoms with Crippen molar-refractivity contribution in [1.29, 1.82) is 0 Å². The van der Waals surface area contributed by atoms with Gasteiger partial charge in [0.2, 0.25) is 0 Å². The molecule has 0 aromatic heterocycles. The lowest BCUT2D eigenvalue weighted by atomic mass is 9.78. The van der Waals surface area contributed by atoms with E-state index in [9.17, 15) is 0 Å². The van der Waals surface area contributed by atoms with E-state index in [0.29, 0.717) is 5.92 Å². The van der Waals surface area contributed by atoms with Gasteiger partial charge in [-0.2, -0.15) is 0 Å². The number of rotatable bonds is 1. The summed E-state index contributed by atoms with van der Waals surface area (Å²) >= 11 is 0. The normalized spacial score (nSPS) is 39.0. The minimum Gasteiger partial charge on any atom is -0.346 e. The fraction of sp³-hybridized carbons (Fsp3) is 0.667. The Balaban J connectivity index is 1.51. The molecule has 1 unspecified atom stereocenters.